The van der Waals surface area contributed by atoms with Crippen molar-refractivity contribution >= 4 is 22.8 Å². The number of amides is 2. The quantitative estimate of drug-likeness (QED) is 0.604. The fourth-order valence-electron chi connectivity index (χ4n) is 3.14. The number of pyridine rings is 1. The van der Waals surface area contributed by atoms with Crippen LogP contribution in [-0.4, -0.2) is 40.3 Å². The van der Waals surface area contributed by atoms with Gasteiger partial charge in [-0.05, 0) is 44.5 Å². The lowest BCUT2D eigenvalue weighted by molar-refractivity contribution is 0.0847. The number of carbonyl (C=O) groups excluding carboxylic acids is 2. The summed E-state index contributed by atoms with van der Waals surface area (Å²) in [6.07, 6.45) is 0.857. The van der Waals surface area contributed by atoms with Gasteiger partial charge in [-0.25, -0.2) is 4.98 Å². The lowest BCUT2D eigenvalue weighted by Crippen LogP contribution is -2.41. The molecule has 0 fully saturated rings. The predicted octanol–water partition coefficient (Wildman–Crippen LogP) is 2.46. The summed E-state index contributed by atoms with van der Waals surface area (Å²) in [5.74, 6) is 0.0694. The highest BCUT2D eigenvalue weighted by Crippen LogP contribution is 2.28. The van der Waals surface area contributed by atoms with Gasteiger partial charge in [0.1, 0.15) is 0 Å². The molecule has 0 bridgehead atoms. The molecule has 30 heavy (non-hydrogen) atoms. The van der Waals surface area contributed by atoms with E-state index in [9.17, 15) is 9.59 Å². The van der Waals surface area contributed by atoms with Crippen LogP contribution in [0.15, 0.2) is 24.3 Å². The number of aromatic nitrogens is 3. The van der Waals surface area contributed by atoms with Crippen LogP contribution >= 0.6 is 0 Å². The Morgan fingerprint density at radius 2 is 1.83 bits per heavy atom. The number of hydrogen-bond donors (Lipinski definition) is 2. The molecule has 0 spiro atoms. The molecular formula is C21H25N5O4. The molecule has 158 valence electrons. The fourth-order valence-corrected chi connectivity index (χ4v) is 3.14. The number of benzene rings is 1. The summed E-state index contributed by atoms with van der Waals surface area (Å²) in [5, 5.41) is 4.97. The van der Waals surface area contributed by atoms with Gasteiger partial charge in [0.15, 0.2) is 17.1 Å². The van der Waals surface area contributed by atoms with E-state index in [1.165, 1.54) is 7.11 Å². The Morgan fingerprint density at radius 3 is 2.53 bits per heavy atom. The Balaban J connectivity index is 1.77. The number of rotatable bonds is 6. The number of nitrogens with zero attached hydrogens (tertiary/aromatic N) is 3. The molecule has 2 heterocycles. The lowest BCUT2D eigenvalue weighted by Gasteiger charge is -2.12. The maximum absolute atomic E-state index is 12.8. The molecule has 9 heteroatoms. The van der Waals surface area contributed by atoms with Crippen LogP contribution in [0.3, 0.4) is 0 Å². The molecule has 0 aliphatic heterocycles. The minimum Gasteiger partial charge on any atom is -0.493 e. The standard InChI is InChI=1S/C21H25N5O4/c1-6-9-30-16-8-7-14(11-17(16)29-5)20(27)23-24-21(28)15-10-12(2)22-19-18(15)13(3)25-26(19)4/h7-8,10-11H,6,9H2,1-5H3,(H,23,27)(H,24,28). The monoisotopic (exact) mass is 411 g/mol. The summed E-state index contributed by atoms with van der Waals surface area (Å²) < 4.78 is 12.5. The minimum atomic E-state index is -0.478. The van der Waals surface area contributed by atoms with Crippen LogP contribution in [0.1, 0.15) is 45.4 Å². The second-order valence-electron chi connectivity index (χ2n) is 6.84. The third-order valence-corrected chi connectivity index (χ3v) is 4.52. The van der Waals surface area contributed by atoms with Crippen molar-refractivity contribution in [1.29, 1.82) is 0 Å². The van der Waals surface area contributed by atoms with E-state index in [1.807, 2.05) is 13.8 Å². The number of carbonyl (C=O) groups is 2. The molecular weight excluding hydrogens is 386 g/mol. The van der Waals surface area contributed by atoms with Gasteiger partial charge in [-0.1, -0.05) is 6.92 Å². The highest BCUT2D eigenvalue weighted by atomic mass is 16.5. The summed E-state index contributed by atoms with van der Waals surface area (Å²) in [4.78, 5) is 29.7. The Morgan fingerprint density at radius 1 is 1.10 bits per heavy atom. The van der Waals surface area contributed by atoms with Crippen molar-refractivity contribution in [2.24, 2.45) is 7.05 Å². The van der Waals surface area contributed by atoms with Crippen molar-refractivity contribution in [3.63, 3.8) is 0 Å². The largest absolute Gasteiger partial charge is 0.493 e. The second kappa shape index (κ2) is 8.81. The van der Waals surface area contributed by atoms with Gasteiger partial charge in [0.05, 0.1) is 30.4 Å². The average Bonchev–Trinajstić information content (AvgIpc) is 3.02. The molecule has 2 N–H and O–H groups in total. The molecule has 0 aliphatic rings. The fraction of sp³-hybridized carbons (Fsp3) is 0.333. The van der Waals surface area contributed by atoms with E-state index in [1.54, 1.807) is 42.9 Å². The normalized spacial score (nSPS) is 10.7. The number of ether oxygens (including phenoxy) is 2. The molecule has 9 nitrogen and oxygen atoms in total. The second-order valence-corrected chi connectivity index (χ2v) is 6.84. The van der Waals surface area contributed by atoms with Gasteiger partial charge in [0.2, 0.25) is 0 Å². The first-order valence-corrected chi connectivity index (χ1v) is 9.58. The number of methoxy groups -OCH3 is 1. The Kier molecular flexibility index (Phi) is 6.20. The van der Waals surface area contributed by atoms with Crippen LogP contribution in [0.4, 0.5) is 0 Å². The first-order chi connectivity index (χ1) is 14.3. The maximum atomic E-state index is 12.8. The van der Waals surface area contributed by atoms with E-state index in [0.29, 0.717) is 51.7 Å². The number of fused-ring (bicyclic) bond motifs is 1. The zero-order chi connectivity index (χ0) is 21.8. The Hall–Kier alpha value is -3.62. The van der Waals surface area contributed by atoms with Gasteiger partial charge in [-0.3, -0.25) is 25.1 Å². The molecule has 0 aliphatic carbocycles. The van der Waals surface area contributed by atoms with Crippen molar-refractivity contribution in [3.8, 4) is 11.5 Å². The van der Waals surface area contributed by atoms with Crippen LogP contribution < -0.4 is 20.3 Å². The van der Waals surface area contributed by atoms with Crippen LogP contribution in [-0.2, 0) is 7.05 Å². The number of nitrogens with one attached hydrogen (secondary N) is 2. The SMILES string of the molecule is CCCOc1ccc(C(=O)NNC(=O)c2cc(C)nc3c2c(C)nn3C)cc1OC. The number of hydrazine groups is 1. The van der Waals surface area contributed by atoms with E-state index >= 15 is 0 Å². The first-order valence-electron chi connectivity index (χ1n) is 9.58. The summed E-state index contributed by atoms with van der Waals surface area (Å²) in [6.45, 7) is 6.16. The summed E-state index contributed by atoms with van der Waals surface area (Å²) >= 11 is 0. The lowest BCUT2D eigenvalue weighted by atomic mass is 10.1. The molecule has 0 unspecified atom stereocenters. The Bertz CT molecular complexity index is 1110. The van der Waals surface area contributed by atoms with Crippen molar-refractivity contribution in [1.82, 2.24) is 25.6 Å². The van der Waals surface area contributed by atoms with E-state index in [-0.39, 0.29) is 0 Å². The van der Waals surface area contributed by atoms with E-state index in [4.69, 9.17) is 9.47 Å². The van der Waals surface area contributed by atoms with Gasteiger partial charge < -0.3 is 9.47 Å². The molecule has 3 aromatic rings. The number of aryl methyl sites for hydroxylation is 3. The molecule has 3 rings (SSSR count). The Labute approximate surface area is 174 Å². The third-order valence-electron chi connectivity index (χ3n) is 4.52. The van der Waals surface area contributed by atoms with Gasteiger partial charge in [0, 0.05) is 18.3 Å². The van der Waals surface area contributed by atoms with E-state index in [2.05, 4.69) is 20.9 Å². The van der Waals surface area contributed by atoms with Gasteiger partial charge in [-0.15, -0.1) is 0 Å². The van der Waals surface area contributed by atoms with Gasteiger partial charge in [0.25, 0.3) is 11.8 Å². The predicted molar refractivity (Wildman–Crippen MR) is 112 cm³/mol. The van der Waals surface area contributed by atoms with Crippen molar-refractivity contribution in [3.05, 3.63) is 46.8 Å². The first kappa shape index (κ1) is 21.1. The third kappa shape index (κ3) is 4.19. The minimum absolute atomic E-state index is 0.324. The molecule has 2 aromatic heterocycles. The molecule has 0 saturated heterocycles. The summed E-state index contributed by atoms with van der Waals surface area (Å²) in [6, 6.07) is 6.50. The molecule has 2 amide bonds. The van der Waals surface area contributed by atoms with Crippen LogP contribution in [0.25, 0.3) is 11.0 Å². The number of hydrogen-bond acceptors (Lipinski definition) is 6. The molecule has 1 aromatic carbocycles. The zero-order valence-electron chi connectivity index (χ0n) is 17.7. The maximum Gasteiger partial charge on any atom is 0.270 e. The average molecular weight is 411 g/mol. The highest BCUT2D eigenvalue weighted by molar-refractivity contribution is 6.07. The highest BCUT2D eigenvalue weighted by Gasteiger charge is 2.19. The van der Waals surface area contributed by atoms with Crippen molar-refractivity contribution in [2.75, 3.05) is 13.7 Å². The van der Waals surface area contributed by atoms with Crippen LogP contribution in [0.2, 0.25) is 0 Å². The summed E-state index contributed by atoms with van der Waals surface area (Å²) in [5.41, 5.74) is 7.59. The van der Waals surface area contributed by atoms with E-state index in [0.717, 1.165) is 6.42 Å². The zero-order valence-corrected chi connectivity index (χ0v) is 17.7. The van der Waals surface area contributed by atoms with Crippen LogP contribution in [0.5, 0.6) is 11.5 Å². The molecule has 0 atom stereocenters. The van der Waals surface area contributed by atoms with Crippen LogP contribution in [0, 0.1) is 13.8 Å². The topological polar surface area (TPSA) is 107 Å². The molecule has 0 radical (unpaired) electrons. The van der Waals surface area contributed by atoms with Gasteiger partial charge >= 0.3 is 0 Å². The summed E-state index contributed by atoms with van der Waals surface area (Å²) in [7, 11) is 3.28. The smallest absolute Gasteiger partial charge is 0.270 e. The van der Waals surface area contributed by atoms with E-state index < -0.39 is 11.8 Å². The van der Waals surface area contributed by atoms with Crippen molar-refractivity contribution in [2.45, 2.75) is 27.2 Å². The van der Waals surface area contributed by atoms with Crippen molar-refractivity contribution < 1.29 is 19.1 Å². The van der Waals surface area contributed by atoms with Gasteiger partial charge in [-0.2, -0.15) is 5.10 Å². The molecule has 0 saturated carbocycles.